The largest absolute Gasteiger partial charge is 0.342 e. The van der Waals surface area contributed by atoms with Crippen molar-refractivity contribution >= 4 is 22.6 Å². The van der Waals surface area contributed by atoms with E-state index < -0.39 is 0 Å². The molecule has 2 unspecified atom stereocenters. The van der Waals surface area contributed by atoms with Gasteiger partial charge in [-0.05, 0) is 86.8 Å². The maximum Gasteiger partial charge on any atom is 0.110 e. The van der Waals surface area contributed by atoms with Crippen molar-refractivity contribution in [3.63, 3.8) is 0 Å². The molecule has 2 nitrogen and oxygen atoms in total. The minimum atomic E-state index is 0.527. The molecule has 1 aliphatic rings. The van der Waals surface area contributed by atoms with Crippen molar-refractivity contribution < 1.29 is 0 Å². The predicted octanol–water partition coefficient (Wildman–Crippen LogP) is 7.44. The molecule has 0 bridgehead atoms. The first-order valence-electron chi connectivity index (χ1n) is 10.7. The molecule has 1 N–H and O–H groups in total. The number of fused-ring (bicyclic) bond motifs is 1. The Kier molecular flexibility index (Phi) is 5.78. The van der Waals surface area contributed by atoms with Gasteiger partial charge in [0, 0.05) is 10.9 Å². The van der Waals surface area contributed by atoms with Crippen molar-refractivity contribution in [3.05, 3.63) is 63.4 Å². The Morgan fingerprint density at radius 3 is 2.61 bits per heavy atom. The van der Waals surface area contributed by atoms with Crippen molar-refractivity contribution in [3.8, 4) is 0 Å². The highest BCUT2D eigenvalue weighted by atomic mass is 35.5. The molecule has 1 aliphatic carbocycles. The van der Waals surface area contributed by atoms with Gasteiger partial charge in [0.2, 0.25) is 0 Å². The van der Waals surface area contributed by atoms with Gasteiger partial charge in [-0.25, -0.2) is 4.98 Å². The van der Waals surface area contributed by atoms with E-state index in [1.807, 2.05) is 12.1 Å². The Hall–Kier alpha value is -1.80. The first-order chi connectivity index (χ1) is 13.5. The third kappa shape index (κ3) is 4.12. The average molecular weight is 395 g/mol. The molecule has 0 amide bonds. The molecule has 0 spiro atoms. The van der Waals surface area contributed by atoms with E-state index in [9.17, 15) is 0 Å². The van der Waals surface area contributed by atoms with Gasteiger partial charge < -0.3 is 4.98 Å². The van der Waals surface area contributed by atoms with E-state index in [0.29, 0.717) is 11.8 Å². The Balaban J connectivity index is 1.58. The second-order valence-corrected chi connectivity index (χ2v) is 9.14. The van der Waals surface area contributed by atoms with Crippen LogP contribution in [0.4, 0.5) is 0 Å². The lowest BCUT2D eigenvalue weighted by Crippen LogP contribution is -2.14. The van der Waals surface area contributed by atoms with Gasteiger partial charge in [0.15, 0.2) is 0 Å². The number of aromatic amines is 1. The second-order valence-electron chi connectivity index (χ2n) is 8.70. The number of benzene rings is 2. The molecule has 148 valence electrons. The van der Waals surface area contributed by atoms with Crippen LogP contribution in [-0.4, -0.2) is 9.97 Å². The van der Waals surface area contributed by atoms with Crippen LogP contribution in [0.25, 0.3) is 11.0 Å². The first kappa shape index (κ1) is 19.5. The second kappa shape index (κ2) is 8.29. The molecule has 28 heavy (non-hydrogen) atoms. The monoisotopic (exact) mass is 394 g/mol. The van der Waals surface area contributed by atoms with E-state index in [2.05, 4.69) is 44.0 Å². The van der Waals surface area contributed by atoms with Crippen LogP contribution in [0.15, 0.2) is 30.3 Å². The lowest BCUT2D eigenvalue weighted by molar-refractivity contribution is 0.363. The smallest absolute Gasteiger partial charge is 0.110 e. The van der Waals surface area contributed by atoms with Gasteiger partial charge in [-0.1, -0.05) is 49.1 Å². The van der Waals surface area contributed by atoms with Crippen LogP contribution < -0.4 is 0 Å². The lowest BCUT2D eigenvalue weighted by atomic mass is 9.83. The SMILES string of the molecule is Cc1ccc(CCC2CCCCCC2c2nc3c(C)cc(Cl)cc3[nH]2)cc1C. The number of nitrogens with zero attached hydrogens (tertiary/aromatic N) is 1. The van der Waals surface area contributed by atoms with Crippen molar-refractivity contribution in [1.82, 2.24) is 9.97 Å². The zero-order chi connectivity index (χ0) is 19.7. The summed E-state index contributed by atoms with van der Waals surface area (Å²) in [5.74, 6) is 2.40. The maximum absolute atomic E-state index is 6.27. The molecule has 1 fully saturated rings. The fourth-order valence-corrected chi connectivity index (χ4v) is 5.12. The summed E-state index contributed by atoms with van der Waals surface area (Å²) in [5, 5.41) is 0.785. The van der Waals surface area contributed by atoms with Crippen LogP contribution in [0.2, 0.25) is 5.02 Å². The van der Waals surface area contributed by atoms with Crippen molar-refractivity contribution in [1.29, 1.82) is 0 Å². The highest BCUT2D eigenvalue weighted by Gasteiger charge is 2.27. The van der Waals surface area contributed by atoms with E-state index in [1.165, 1.54) is 61.0 Å². The van der Waals surface area contributed by atoms with Gasteiger partial charge in [0.25, 0.3) is 0 Å². The Morgan fingerprint density at radius 2 is 1.79 bits per heavy atom. The summed E-state index contributed by atoms with van der Waals surface area (Å²) < 4.78 is 0. The molecule has 2 atom stereocenters. The maximum atomic E-state index is 6.27. The number of H-pyrrole nitrogens is 1. The number of hydrogen-bond acceptors (Lipinski definition) is 1. The molecule has 3 aromatic rings. The zero-order valence-corrected chi connectivity index (χ0v) is 18.1. The molecule has 1 aromatic heterocycles. The molecule has 0 radical (unpaired) electrons. The Morgan fingerprint density at radius 1 is 0.964 bits per heavy atom. The van der Waals surface area contributed by atoms with Crippen molar-refractivity contribution in [2.75, 3.05) is 0 Å². The molecular formula is C25H31ClN2. The molecule has 0 aliphatic heterocycles. The van der Waals surface area contributed by atoms with Crippen LogP contribution in [0.1, 0.15) is 72.5 Å². The normalized spacial score (nSPS) is 20.4. The van der Waals surface area contributed by atoms with E-state index in [-0.39, 0.29) is 0 Å². The third-order valence-electron chi connectivity index (χ3n) is 6.65. The number of nitrogens with one attached hydrogen (secondary N) is 1. The minimum Gasteiger partial charge on any atom is -0.342 e. The summed E-state index contributed by atoms with van der Waals surface area (Å²) in [5.41, 5.74) is 7.57. The number of halogens is 1. The summed E-state index contributed by atoms with van der Waals surface area (Å²) in [6.45, 7) is 6.51. The van der Waals surface area contributed by atoms with E-state index >= 15 is 0 Å². The number of hydrogen-bond donors (Lipinski definition) is 1. The lowest BCUT2D eigenvalue weighted by Gasteiger charge is -2.23. The standard InChI is InChI=1S/C25H31ClN2/c1-16-9-10-19(13-17(16)2)11-12-20-7-5-4-6-8-22(20)25-27-23-15-21(26)14-18(3)24(23)28-25/h9-10,13-15,20,22H,4-8,11-12H2,1-3H3,(H,27,28). The number of aryl methyl sites for hydroxylation is 4. The summed E-state index contributed by atoms with van der Waals surface area (Å²) in [7, 11) is 0. The third-order valence-corrected chi connectivity index (χ3v) is 6.86. The first-order valence-corrected chi connectivity index (χ1v) is 11.1. The van der Waals surface area contributed by atoms with E-state index in [0.717, 1.165) is 28.0 Å². The summed E-state index contributed by atoms with van der Waals surface area (Å²) in [6.07, 6.45) is 8.95. The van der Waals surface area contributed by atoms with Gasteiger partial charge in [-0.3, -0.25) is 0 Å². The number of imidazole rings is 1. The molecule has 1 saturated carbocycles. The molecular weight excluding hydrogens is 364 g/mol. The van der Waals surface area contributed by atoms with Crippen molar-refractivity contribution in [2.24, 2.45) is 5.92 Å². The number of rotatable bonds is 4. The van der Waals surface area contributed by atoms with Crippen LogP contribution in [0, 0.1) is 26.7 Å². The van der Waals surface area contributed by atoms with Gasteiger partial charge >= 0.3 is 0 Å². The fourth-order valence-electron chi connectivity index (χ4n) is 4.84. The highest BCUT2D eigenvalue weighted by molar-refractivity contribution is 6.31. The van der Waals surface area contributed by atoms with Crippen LogP contribution in [0.3, 0.4) is 0 Å². The van der Waals surface area contributed by atoms with Crippen LogP contribution >= 0.6 is 11.6 Å². The van der Waals surface area contributed by atoms with Gasteiger partial charge in [-0.2, -0.15) is 0 Å². The Bertz CT molecular complexity index is 972. The minimum absolute atomic E-state index is 0.527. The number of aromatic nitrogens is 2. The topological polar surface area (TPSA) is 28.7 Å². The average Bonchev–Trinajstić information content (AvgIpc) is 2.94. The van der Waals surface area contributed by atoms with E-state index in [1.54, 1.807) is 0 Å². The molecule has 2 aromatic carbocycles. The van der Waals surface area contributed by atoms with Gasteiger partial charge in [0.05, 0.1) is 11.0 Å². The van der Waals surface area contributed by atoms with Crippen molar-refractivity contribution in [2.45, 2.75) is 71.6 Å². The Labute approximate surface area is 173 Å². The summed E-state index contributed by atoms with van der Waals surface area (Å²) >= 11 is 6.27. The predicted molar refractivity (Wildman–Crippen MR) is 119 cm³/mol. The summed E-state index contributed by atoms with van der Waals surface area (Å²) in [4.78, 5) is 8.66. The molecule has 4 rings (SSSR count). The quantitative estimate of drug-likeness (QED) is 0.457. The van der Waals surface area contributed by atoms with Crippen LogP contribution in [0.5, 0.6) is 0 Å². The molecule has 1 heterocycles. The zero-order valence-electron chi connectivity index (χ0n) is 17.3. The molecule has 3 heteroatoms. The van der Waals surface area contributed by atoms with Gasteiger partial charge in [0.1, 0.15) is 5.82 Å². The fraction of sp³-hybridized carbons (Fsp3) is 0.480. The highest BCUT2D eigenvalue weighted by Crippen LogP contribution is 2.39. The molecule has 0 saturated heterocycles. The summed E-state index contributed by atoms with van der Waals surface area (Å²) in [6, 6.07) is 11.0. The van der Waals surface area contributed by atoms with Gasteiger partial charge in [-0.15, -0.1) is 0 Å². The van der Waals surface area contributed by atoms with Crippen LogP contribution in [-0.2, 0) is 6.42 Å². The van der Waals surface area contributed by atoms with E-state index in [4.69, 9.17) is 16.6 Å².